The van der Waals surface area contributed by atoms with Gasteiger partial charge in [-0.15, -0.1) is 0 Å². The minimum Gasteiger partial charge on any atom is -0.492 e. The van der Waals surface area contributed by atoms with Crippen LogP contribution in [0.5, 0.6) is 5.88 Å². The molecule has 0 bridgehead atoms. The Labute approximate surface area is 93.8 Å². The predicted octanol–water partition coefficient (Wildman–Crippen LogP) is 1.69. The van der Waals surface area contributed by atoms with Gasteiger partial charge in [-0.2, -0.15) is 9.97 Å². The summed E-state index contributed by atoms with van der Waals surface area (Å²) in [5.74, 6) is 0.701. The SMILES string of the molecule is CCCCCNc1nc(O)c2c(n1)[N]C=N2. The highest BCUT2D eigenvalue weighted by molar-refractivity contribution is 5.82. The lowest BCUT2D eigenvalue weighted by atomic mass is 10.2. The van der Waals surface area contributed by atoms with Gasteiger partial charge in [0.2, 0.25) is 11.8 Å². The van der Waals surface area contributed by atoms with Crippen molar-refractivity contribution < 1.29 is 5.11 Å². The summed E-state index contributed by atoms with van der Waals surface area (Å²) in [6, 6.07) is 0. The van der Waals surface area contributed by atoms with E-state index in [1.54, 1.807) is 0 Å². The number of nitrogens with one attached hydrogen (secondary N) is 1. The second kappa shape index (κ2) is 4.78. The molecule has 6 heteroatoms. The van der Waals surface area contributed by atoms with Crippen molar-refractivity contribution in [1.82, 2.24) is 15.3 Å². The van der Waals surface area contributed by atoms with Crippen LogP contribution >= 0.6 is 0 Å². The van der Waals surface area contributed by atoms with Gasteiger partial charge >= 0.3 is 0 Å². The number of nitrogens with zero attached hydrogens (tertiary/aromatic N) is 4. The molecule has 0 atom stereocenters. The minimum absolute atomic E-state index is 0.125. The third-order valence-corrected chi connectivity index (χ3v) is 2.28. The van der Waals surface area contributed by atoms with Gasteiger partial charge in [0.05, 0.1) is 0 Å². The highest BCUT2D eigenvalue weighted by Gasteiger charge is 2.17. The molecule has 0 aliphatic carbocycles. The highest BCUT2D eigenvalue weighted by Crippen LogP contribution is 2.34. The molecule has 1 aliphatic rings. The van der Waals surface area contributed by atoms with E-state index in [1.165, 1.54) is 12.8 Å². The first-order chi connectivity index (χ1) is 7.81. The molecule has 0 aromatic carbocycles. The third-order valence-electron chi connectivity index (χ3n) is 2.28. The van der Waals surface area contributed by atoms with E-state index in [9.17, 15) is 5.11 Å². The molecule has 6 nitrogen and oxygen atoms in total. The van der Waals surface area contributed by atoms with Gasteiger partial charge in [0.15, 0.2) is 11.5 Å². The fraction of sp³-hybridized carbons (Fsp3) is 0.500. The molecule has 0 saturated heterocycles. The van der Waals surface area contributed by atoms with Gasteiger partial charge < -0.3 is 10.4 Å². The van der Waals surface area contributed by atoms with Gasteiger partial charge in [-0.25, -0.2) is 10.3 Å². The van der Waals surface area contributed by atoms with E-state index in [0.29, 0.717) is 17.5 Å². The Morgan fingerprint density at radius 1 is 1.31 bits per heavy atom. The van der Waals surface area contributed by atoms with Crippen LogP contribution in [0.15, 0.2) is 4.99 Å². The molecule has 0 spiro atoms. The molecule has 16 heavy (non-hydrogen) atoms. The monoisotopic (exact) mass is 220 g/mol. The molecular weight excluding hydrogens is 206 g/mol. The van der Waals surface area contributed by atoms with Crippen LogP contribution < -0.4 is 10.6 Å². The number of fused-ring (bicyclic) bond motifs is 1. The number of aliphatic imine (C=N–C) groups is 1. The van der Waals surface area contributed by atoms with Crippen LogP contribution in [-0.2, 0) is 0 Å². The Morgan fingerprint density at radius 3 is 3.00 bits per heavy atom. The van der Waals surface area contributed by atoms with Crippen molar-refractivity contribution in [3.8, 4) is 5.88 Å². The topological polar surface area (TPSA) is 84.5 Å². The average molecular weight is 220 g/mol. The van der Waals surface area contributed by atoms with E-state index in [0.717, 1.165) is 19.4 Å². The summed E-state index contributed by atoms with van der Waals surface area (Å²) in [6.45, 7) is 2.95. The Bertz CT molecular complexity index is 404. The van der Waals surface area contributed by atoms with Crippen LogP contribution in [0.1, 0.15) is 26.2 Å². The zero-order chi connectivity index (χ0) is 11.4. The number of rotatable bonds is 5. The molecule has 2 N–H and O–H groups in total. The molecule has 0 unspecified atom stereocenters. The number of hydrogen-bond donors (Lipinski definition) is 2. The normalized spacial score (nSPS) is 12.3. The van der Waals surface area contributed by atoms with Crippen molar-refractivity contribution in [2.24, 2.45) is 4.99 Å². The first-order valence-electron chi connectivity index (χ1n) is 5.39. The molecule has 2 rings (SSSR count). The van der Waals surface area contributed by atoms with E-state index >= 15 is 0 Å². The van der Waals surface area contributed by atoms with E-state index in [1.807, 2.05) is 0 Å². The number of aromatic hydroxyl groups is 1. The highest BCUT2D eigenvalue weighted by atomic mass is 16.3. The Morgan fingerprint density at radius 2 is 2.19 bits per heavy atom. The van der Waals surface area contributed by atoms with Crippen LogP contribution in [0.2, 0.25) is 0 Å². The maximum atomic E-state index is 9.55. The number of aromatic nitrogens is 2. The molecule has 1 aromatic heterocycles. The minimum atomic E-state index is -0.125. The first kappa shape index (κ1) is 10.7. The summed E-state index contributed by atoms with van der Waals surface area (Å²) in [6.07, 6.45) is 4.75. The molecule has 85 valence electrons. The zero-order valence-corrected chi connectivity index (χ0v) is 9.14. The van der Waals surface area contributed by atoms with E-state index in [-0.39, 0.29) is 5.88 Å². The Hall–Kier alpha value is -1.85. The maximum absolute atomic E-state index is 9.55. The summed E-state index contributed by atoms with van der Waals surface area (Å²) in [5.41, 5.74) is 0.346. The predicted molar refractivity (Wildman–Crippen MR) is 61.7 cm³/mol. The van der Waals surface area contributed by atoms with Crippen molar-refractivity contribution in [2.45, 2.75) is 26.2 Å². The van der Waals surface area contributed by atoms with Crippen molar-refractivity contribution in [2.75, 3.05) is 11.9 Å². The molecule has 1 aliphatic heterocycles. The van der Waals surface area contributed by atoms with Crippen LogP contribution in [0.3, 0.4) is 0 Å². The van der Waals surface area contributed by atoms with Crippen molar-refractivity contribution in [1.29, 1.82) is 0 Å². The first-order valence-corrected chi connectivity index (χ1v) is 5.39. The van der Waals surface area contributed by atoms with Crippen LogP contribution in [0, 0.1) is 0 Å². The molecule has 1 radical (unpaired) electrons. The Kier molecular flexibility index (Phi) is 3.19. The lowest BCUT2D eigenvalue weighted by Crippen LogP contribution is -2.06. The quantitative estimate of drug-likeness (QED) is 0.739. The van der Waals surface area contributed by atoms with E-state index in [2.05, 4.69) is 32.5 Å². The van der Waals surface area contributed by atoms with Gasteiger partial charge in [-0.05, 0) is 6.42 Å². The van der Waals surface area contributed by atoms with E-state index in [4.69, 9.17) is 0 Å². The summed E-state index contributed by atoms with van der Waals surface area (Å²) >= 11 is 0. The lowest BCUT2D eigenvalue weighted by molar-refractivity contribution is 0.455. The fourth-order valence-corrected chi connectivity index (χ4v) is 1.43. The zero-order valence-electron chi connectivity index (χ0n) is 9.14. The fourth-order valence-electron chi connectivity index (χ4n) is 1.43. The Balaban J connectivity index is 1.99. The number of unbranched alkanes of at least 4 members (excludes halogenated alkanes) is 2. The summed E-state index contributed by atoms with van der Waals surface area (Å²) in [7, 11) is 0. The summed E-state index contributed by atoms with van der Waals surface area (Å²) in [5, 5.41) is 16.5. The van der Waals surface area contributed by atoms with Crippen LogP contribution in [0.25, 0.3) is 0 Å². The average Bonchev–Trinajstić information content (AvgIpc) is 2.73. The largest absolute Gasteiger partial charge is 0.492 e. The van der Waals surface area contributed by atoms with Crippen molar-refractivity contribution >= 4 is 23.8 Å². The molecule has 1 aromatic rings. The van der Waals surface area contributed by atoms with Crippen LogP contribution in [0.4, 0.5) is 17.5 Å². The van der Waals surface area contributed by atoms with Gasteiger partial charge in [0.25, 0.3) is 0 Å². The molecule has 2 heterocycles. The standard InChI is InChI=1S/C10H14N5O/c1-2-3-4-5-11-10-14-8-7(9(16)15-10)12-6-13-8/h6H,2-5H2,1H3,(H2,11,14,15,16). The number of anilines is 1. The van der Waals surface area contributed by atoms with Gasteiger partial charge in [0, 0.05) is 6.54 Å². The second-order valence-electron chi connectivity index (χ2n) is 3.55. The summed E-state index contributed by atoms with van der Waals surface area (Å²) < 4.78 is 0. The van der Waals surface area contributed by atoms with Gasteiger partial charge in [-0.3, -0.25) is 0 Å². The molecule has 0 amide bonds. The van der Waals surface area contributed by atoms with Gasteiger partial charge in [0.1, 0.15) is 6.34 Å². The maximum Gasteiger partial charge on any atom is 0.244 e. The van der Waals surface area contributed by atoms with Crippen LogP contribution in [-0.4, -0.2) is 28.0 Å². The van der Waals surface area contributed by atoms with Crippen molar-refractivity contribution in [3.63, 3.8) is 0 Å². The number of hydrogen-bond acceptors (Lipinski definition) is 5. The second-order valence-corrected chi connectivity index (χ2v) is 3.55. The van der Waals surface area contributed by atoms with E-state index < -0.39 is 0 Å². The third kappa shape index (κ3) is 2.21. The summed E-state index contributed by atoms with van der Waals surface area (Å²) in [4.78, 5) is 11.9. The van der Waals surface area contributed by atoms with Crippen molar-refractivity contribution in [3.05, 3.63) is 0 Å². The lowest BCUT2D eigenvalue weighted by Gasteiger charge is -2.05. The molecule has 0 fully saturated rings. The molecular formula is C10H14N5O. The smallest absolute Gasteiger partial charge is 0.244 e. The van der Waals surface area contributed by atoms with Gasteiger partial charge in [-0.1, -0.05) is 19.8 Å². The molecule has 0 saturated carbocycles.